The van der Waals surface area contributed by atoms with Gasteiger partial charge in [-0.2, -0.15) is 0 Å². The average molecular weight is 369 g/mol. The molecule has 1 saturated carbocycles. The maximum absolute atomic E-state index is 12.1. The van der Waals surface area contributed by atoms with Crippen molar-refractivity contribution in [1.82, 2.24) is 14.9 Å². The summed E-state index contributed by atoms with van der Waals surface area (Å²) in [4.78, 5) is 28.6. The largest absolute Gasteiger partial charge is 0.478 e. The lowest BCUT2D eigenvalue weighted by Crippen LogP contribution is -2.25. The van der Waals surface area contributed by atoms with E-state index in [1.807, 2.05) is 17.5 Å². The fourth-order valence-corrected chi connectivity index (χ4v) is 3.69. The molecule has 134 valence electrons. The highest BCUT2D eigenvalue weighted by molar-refractivity contribution is 7.12. The van der Waals surface area contributed by atoms with Crippen molar-refractivity contribution in [3.8, 4) is 0 Å². The predicted molar refractivity (Wildman–Crippen MR) is 99.8 cm³/mol. The van der Waals surface area contributed by atoms with Crippen molar-refractivity contribution < 1.29 is 14.7 Å². The van der Waals surface area contributed by atoms with Crippen LogP contribution in [0.15, 0.2) is 35.7 Å². The maximum atomic E-state index is 12.1. The summed E-state index contributed by atoms with van der Waals surface area (Å²) in [7, 11) is 0. The van der Waals surface area contributed by atoms with Crippen LogP contribution in [0.4, 0.5) is 0 Å². The molecule has 1 aliphatic carbocycles. The molecule has 1 aromatic carbocycles. The molecule has 0 spiro atoms. The summed E-state index contributed by atoms with van der Waals surface area (Å²) < 4.78 is 2.18. The van der Waals surface area contributed by atoms with Crippen LogP contribution in [0, 0.1) is 5.92 Å². The number of amides is 1. The molecule has 26 heavy (non-hydrogen) atoms. The van der Waals surface area contributed by atoms with Crippen molar-refractivity contribution in [2.45, 2.75) is 25.8 Å². The number of hydrogen-bond acceptors (Lipinski definition) is 4. The molecule has 2 heterocycles. The number of carboxylic acids is 1. The first-order valence-electron chi connectivity index (χ1n) is 8.66. The third kappa shape index (κ3) is 3.48. The Labute approximate surface area is 154 Å². The number of carbonyl (C=O) groups is 2. The molecular weight excluding hydrogens is 350 g/mol. The Kier molecular flexibility index (Phi) is 4.46. The van der Waals surface area contributed by atoms with Gasteiger partial charge in [-0.3, -0.25) is 4.79 Å². The van der Waals surface area contributed by atoms with E-state index in [2.05, 4.69) is 14.9 Å². The van der Waals surface area contributed by atoms with Gasteiger partial charge in [0.1, 0.15) is 5.82 Å². The van der Waals surface area contributed by atoms with E-state index in [4.69, 9.17) is 0 Å². The van der Waals surface area contributed by atoms with Gasteiger partial charge >= 0.3 is 5.97 Å². The number of fused-ring (bicyclic) bond motifs is 1. The first-order chi connectivity index (χ1) is 12.6. The lowest BCUT2D eigenvalue weighted by molar-refractivity contribution is 0.0696. The molecule has 4 rings (SSSR count). The molecule has 0 atom stereocenters. The van der Waals surface area contributed by atoms with Crippen molar-refractivity contribution in [2.75, 3.05) is 6.54 Å². The summed E-state index contributed by atoms with van der Waals surface area (Å²) in [6.45, 7) is 1.40. The van der Waals surface area contributed by atoms with Gasteiger partial charge in [0.15, 0.2) is 0 Å². The van der Waals surface area contributed by atoms with Crippen molar-refractivity contribution >= 4 is 34.2 Å². The van der Waals surface area contributed by atoms with Crippen LogP contribution in [0.5, 0.6) is 0 Å². The fourth-order valence-electron chi connectivity index (χ4n) is 3.05. The van der Waals surface area contributed by atoms with E-state index in [-0.39, 0.29) is 11.5 Å². The Hall–Kier alpha value is -2.67. The molecule has 1 fully saturated rings. The highest BCUT2D eigenvalue weighted by Crippen LogP contribution is 2.32. The van der Waals surface area contributed by atoms with E-state index in [9.17, 15) is 14.7 Å². The Balaban J connectivity index is 1.54. The minimum atomic E-state index is -0.951. The third-order valence-electron chi connectivity index (χ3n) is 4.59. The lowest BCUT2D eigenvalue weighted by Gasteiger charge is -2.09. The van der Waals surface area contributed by atoms with Crippen molar-refractivity contribution in [2.24, 2.45) is 5.92 Å². The first-order valence-corrected chi connectivity index (χ1v) is 9.54. The summed E-state index contributed by atoms with van der Waals surface area (Å²) in [5.41, 5.74) is 1.90. The number of imidazole rings is 1. The van der Waals surface area contributed by atoms with Crippen LogP contribution in [-0.2, 0) is 13.0 Å². The van der Waals surface area contributed by atoms with E-state index in [1.54, 1.807) is 18.2 Å². The van der Waals surface area contributed by atoms with Gasteiger partial charge in [0.25, 0.3) is 5.91 Å². The molecule has 3 aromatic rings. The molecule has 1 aliphatic rings. The second-order valence-electron chi connectivity index (χ2n) is 6.57. The minimum absolute atomic E-state index is 0.0713. The zero-order chi connectivity index (χ0) is 18.1. The van der Waals surface area contributed by atoms with Crippen LogP contribution < -0.4 is 5.32 Å². The number of carbonyl (C=O) groups excluding carboxylic acids is 1. The summed E-state index contributed by atoms with van der Waals surface area (Å²) in [6.07, 6.45) is 3.06. The minimum Gasteiger partial charge on any atom is -0.478 e. The summed E-state index contributed by atoms with van der Waals surface area (Å²) in [5, 5.41) is 14.0. The molecule has 7 heteroatoms. The van der Waals surface area contributed by atoms with E-state index in [0.717, 1.165) is 17.9 Å². The molecule has 0 radical (unpaired) electrons. The smallest absolute Gasteiger partial charge is 0.335 e. The van der Waals surface area contributed by atoms with Crippen LogP contribution in [0.1, 0.15) is 38.7 Å². The Morgan fingerprint density at radius 1 is 1.31 bits per heavy atom. The Morgan fingerprint density at radius 2 is 2.15 bits per heavy atom. The highest BCUT2D eigenvalue weighted by Gasteiger charge is 2.24. The molecule has 0 bridgehead atoms. The van der Waals surface area contributed by atoms with Gasteiger partial charge in [0.2, 0.25) is 0 Å². The lowest BCUT2D eigenvalue weighted by atomic mass is 10.2. The van der Waals surface area contributed by atoms with Crippen LogP contribution in [0.25, 0.3) is 11.0 Å². The molecule has 2 N–H and O–H groups in total. The van der Waals surface area contributed by atoms with Gasteiger partial charge in [0, 0.05) is 19.5 Å². The van der Waals surface area contributed by atoms with Gasteiger partial charge in [-0.15, -0.1) is 11.3 Å². The van der Waals surface area contributed by atoms with Gasteiger partial charge < -0.3 is 15.0 Å². The number of hydrogen-bond donors (Lipinski definition) is 2. The molecule has 0 saturated heterocycles. The van der Waals surface area contributed by atoms with E-state index in [0.29, 0.717) is 29.3 Å². The summed E-state index contributed by atoms with van der Waals surface area (Å²) in [6, 6.07) is 8.74. The van der Waals surface area contributed by atoms with E-state index in [1.165, 1.54) is 24.2 Å². The molecule has 0 aliphatic heterocycles. The Morgan fingerprint density at radius 3 is 2.85 bits per heavy atom. The van der Waals surface area contributed by atoms with Gasteiger partial charge in [-0.05, 0) is 48.4 Å². The number of thiophene rings is 1. The van der Waals surface area contributed by atoms with E-state index < -0.39 is 5.97 Å². The quantitative estimate of drug-likeness (QED) is 0.670. The first kappa shape index (κ1) is 16.8. The monoisotopic (exact) mass is 369 g/mol. The number of aromatic nitrogens is 2. The molecule has 0 unspecified atom stereocenters. The number of benzene rings is 1. The highest BCUT2D eigenvalue weighted by atomic mass is 32.1. The molecule has 1 amide bonds. The van der Waals surface area contributed by atoms with Crippen LogP contribution >= 0.6 is 11.3 Å². The average Bonchev–Trinajstić information content (AvgIpc) is 3.15. The standard InChI is InChI=1S/C19H19N3O3S/c23-18(16-2-1-9-26-16)20-8-7-17-21-14-10-13(19(24)25)5-6-15(14)22(17)11-12-3-4-12/h1-2,5-6,9-10,12H,3-4,7-8,11H2,(H,20,23)(H,24,25). The fraction of sp³-hybridized carbons (Fsp3) is 0.316. The number of aromatic carboxylic acids is 1. The predicted octanol–water partition coefficient (Wildman–Crippen LogP) is 3.18. The maximum Gasteiger partial charge on any atom is 0.335 e. The Bertz CT molecular complexity index is 958. The normalized spacial score (nSPS) is 13.8. The molecular formula is C19H19N3O3S. The SMILES string of the molecule is O=C(O)c1ccc2c(c1)nc(CCNC(=O)c1cccs1)n2CC1CC1. The molecule has 6 nitrogen and oxygen atoms in total. The zero-order valence-electron chi connectivity index (χ0n) is 14.1. The van der Waals surface area contributed by atoms with Crippen molar-refractivity contribution in [3.63, 3.8) is 0 Å². The van der Waals surface area contributed by atoms with Gasteiger partial charge in [-0.1, -0.05) is 6.07 Å². The number of rotatable bonds is 7. The van der Waals surface area contributed by atoms with Crippen molar-refractivity contribution in [1.29, 1.82) is 0 Å². The summed E-state index contributed by atoms with van der Waals surface area (Å²) in [5.74, 6) is 0.540. The third-order valence-corrected chi connectivity index (χ3v) is 5.46. The van der Waals surface area contributed by atoms with Crippen LogP contribution in [0.3, 0.4) is 0 Å². The van der Waals surface area contributed by atoms with Crippen LogP contribution in [-0.4, -0.2) is 33.1 Å². The second-order valence-corrected chi connectivity index (χ2v) is 7.52. The van der Waals surface area contributed by atoms with Gasteiger partial charge in [0.05, 0.1) is 21.5 Å². The number of carboxylic acid groups (broad SMARTS) is 1. The molecule has 2 aromatic heterocycles. The van der Waals surface area contributed by atoms with Crippen molar-refractivity contribution in [3.05, 3.63) is 52.0 Å². The second kappa shape index (κ2) is 6.92. The van der Waals surface area contributed by atoms with Gasteiger partial charge in [-0.25, -0.2) is 9.78 Å². The van der Waals surface area contributed by atoms with E-state index >= 15 is 0 Å². The zero-order valence-corrected chi connectivity index (χ0v) is 15.0. The van der Waals surface area contributed by atoms with Crippen LogP contribution in [0.2, 0.25) is 0 Å². The number of nitrogens with one attached hydrogen (secondary N) is 1. The summed E-state index contributed by atoms with van der Waals surface area (Å²) >= 11 is 1.42. The topological polar surface area (TPSA) is 84.2 Å². The number of nitrogens with zero attached hydrogens (tertiary/aromatic N) is 2.